The van der Waals surface area contributed by atoms with Gasteiger partial charge in [0, 0.05) is 18.3 Å². The average molecular weight is 251 g/mol. The summed E-state index contributed by atoms with van der Waals surface area (Å²) in [5, 5.41) is 6.48. The molecule has 1 aliphatic heterocycles. The van der Waals surface area contributed by atoms with E-state index in [1.54, 1.807) is 12.1 Å². The first-order valence-electron chi connectivity index (χ1n) is 6.24. The summed E-state index contributed by atoms with van der Waals surface area (Å²) in [6, 6.07) is 4.84. The van der Waals surface area contributed by atoms with Crippen molar-refractivity contribution in [1.82, 2.24) is 5.32 Å². The molecular formula is C13H18FN3O. The van der Waals surface area contributed by atoms with E-state index in [4.69, 9.17) is 5.73 Å². The molecule has 0 saturated carbocycles. The number of nitrogens with two attached hydrogens (primary N) is 1. The molecule has 0 aromatic heterocycles. The Morgan fingerprint density at radius 2 is 2.33 bits per heavy atom. The van der Waals surface area contributed by atoms with Crippen LogP contribution in [0.1, 0.15) is 29.6 Å². The highest BCUT2D eigenvalue weighted by Gasteiger charge is 2.16. The van der Waals surface area contributed by atoms with E-state index in [1.165, 1.54) is 18.9 Å². The number of anilines is 1. The van der Waals surface area contributed by atoms with E-state index in [0.29, 0.717) is 18.3 Å². The lowest BCUT2D eigenvalue weighted by molar-refractivity contribution is 0.0997. The summed E-state index contributed by atoms with van der Waals surface area (Å²) in [5.41, 5.74) is 5.60. The molecule has 1 amide bonds. The molecular weight excluding hydrogens is 233 g/mol. The third-order valence-corrected chi connectivity index (χ3v) is 3.21. The SMILES string of the molecule is NC(=O)c1c(F)cccc1NCC1CCCCN1. The molecule has 0 radical (unpaired) electrons. The maximum absolute atomic E-state index is 13.5. The molecule has 1 saturated heterocycles. The standard InChI is InChI=1S/C13H18FN3O/c14-10-5-3-6-11(12(10)13(15)18)17-8-9-4-1-2-7-16-9/h3,5-6,9,16-17H,1-2,4,7-8H2,(H2,15,18). The minimum Gasteiger partial charge on any atom is -0.383 e. The summed E-state index contributed by atoms with van der Waals surface area (Å²) in [6.45, 7) is 1.68. The number of primary amides is 1. The fourth-order valence-electron chi connectivity index (χ4n) is 2.25. The van der Waals surface area contributed by atoms with Gasteiger partial charge in [-0.2, -0.15) is 0 Å². The van der Waals surface area contributed by atoms with Crippen molar-refractivity contribution in [2.45, 2.75) is 25.3 Å². The Balaban J connectivity index is 2.04. The van der Waals surface area contributed by atoms with Gasteiger partial charge in [0.2, 0.25) is 0 Å². The molecule has 0 bridgehead atoms. The van der Waals surface area contributed by atoms with Crippen LogP contribution in [0.25, 0.3) is 0 Å². The van der Waals surface area contributed by atoms with E-state index >= 15 is 0 Å². The van der Waals surface area contributed by atoms with Crippen molar-refractivity contribution in [3.63, 3.8) is 0 Å². The van der Waals surface area contributed by atoms with Crippen LogP contribution >= 0.6 is 0 Å². The zero-order valence-electron chi connectivity index (χ0n) is 10.2. The molecule has 18 heavy (non-hydrogen) atoms. The summed E-state index contributed by atoms with van der Waals surface area (Å²) < 4.78 is 13.5. The predicted octanol–water partition coefficient (Wildman–Crippen LogP) is 1.48. The highest BCUT2D eigenvalue weighted by Crippen LogP contribution is 2.19. The highest BCUT2D eigenvalue weighted by atomic mass is 19.1. The van der Waals surface area contributed by atoms with Gasteiger partial charge in [-0.15, -0.1) is 0 Å². The van der Waals surface area contributed by atoms with Crippen molar-refractivity contribution in [3.05, 3.63) is 29.6 Å². The first kappa shape index (κ1) is 12.8. The Bertz CT molecular complexity index is 430. The van der Waals surface area contributed by atoms with Crippen molar-refractivity contribution in [3.8, 4) is 0 Å². The maximum Gasteiger partial charge on any atom is 0.253 e. The van der Waals surface area contributed by atoms with Gasteiger partial charge in [0.15, 0.2) is 0 Å². The van der Waals surface area contributed by atoms with Crippen LogP contribution < -0.4 is 16.4 Å². The minimum absolute atomic E-state index is 0.0618. The third kappa shape index (κ3) is 2.98. The van der Waals surface area contributed by atoms with Gasteiger partial charge in [-0.05, 0) is 31.5 Å². The van der Waals surface area contributed by atoms with Crippen LogP contribution in [0, 0.1) is 5.82 Å². The molecule has 1 unspecified atom stereocenters. The summed E-state index contributed by atoms with van der Waals surface area (Å²) in [7, 11) is 0. The third-order valence-electron chi connectivity index (χ3n) is 3.21. The van der Waals surface area contributed by atoms with Crippen LogP contribution in [0.2, 0.25) is 0 Å². The van der Waals surface area contributed by atoms with Gasteiger partial charge < -0.3 is 16.4 Å². The Hall–Kier alpha value is -1.62. The number of hydrogen-bond acceptors (Lipinski definition) is 3. The summed E-state index contributed by atoms with van der Waals surface area (Å²) in [5.74, 6) is -1.32. The lowest BCUT2D eigenvalue weighted by Gasteiger charge is -2.24. The maximum atomic E-state index is 13.5. The van der Waals surface area contributed by atoms with Crippen LogP contribution in [0.3, 0.4) is 0 Å². The number of amides is 1. The molecule has 0 spiro atoms. The first-order valence-corrected chi connectivity index (χ1v) is 6.24. The normalized spacial score (nSPS) is 19.5. The van der Waals surface area contributed by atoms with E-state index in [9.17, 15) is 9.18 Å². The largest absolute Gasteiger partial charge is 0.383 e. The number of carbonyl (C=O) groups is 1. The molecule has 1 heterocycles. The quantitative estimate of drug-likeness (QED) is 0.759. The molecule has 5 heteroatoms. The van der Waals surface area contributed by atoms with Crippen molar-refractivity contribution in [1.29, 1.82) is 0 Å². The summed E-state index contributed by atoms with van der Waals surface area (Å²) in [6.07, 6.45) is 3.49. The zero-order chi connectivity index (χ0) is 13.0. The average Bonchev–Trinajstić information content (AvgIpc) is 2.37. The van der Waals surface area contributed by atoms with Crippen LogP contribution in [-0.4, -0.2) is 25.0 Å². The lowest BCUT2D eigenvalue weighted by Crippen LogP contribution is -2.39. The molecule has 1 aliphatic rings. The molecule has 98 valence electrons. The fourth-order valence-corrected chi connectivity index (χ4v) is 2.25. The number of carbonyl (C=O) groups excluding carboxylic acids is 1. The van der Waals surface area contributed by atoms with Crippen molar-refractivity contribution < 1.29 is 9.18 Å². The number of hydrogen-bond donors (Lipinski definition) is 3. The Morgan fingerprint density at radius 3 is 3.00 bits per heavy atom. The molecule has 4 N–H and O–H groups in total. The van der Waals surface area contributed by atoms with Gasteiger partial charge in [-0.3, -0.25) is 4.79 Å². The topological polar surface area (TPSA) is 67.2 Å². The molecule has 4 nitrogen and oxygen atoms in total. The van der Waals surface area contributed by atoms with Crippen LogP contribution in [-0.2, 0) is 0 Å². The van der Waals surface area contributed by atoms with E-state index in [0.717, 1.165) is 13.0 Å². The Labute approximate surface area is 106 Å². The van der Waals surface area contributed by atoms with Crippen LogP contribution in [0.4, 0.5) is 10.1 Å². The first-order chi connectivity index (χ1) is 8.68. The highest BCUT2D eigenvalue weighted by molar-refractivity contribution is 5.98. The minimum atomic E-state index is -0.743. The van der Waals surface area contributed by atoms with E-state index < -0.39 is 11.7 Å². The monoisotopic (exact) mass is 251 g/mol. The Morgan fingerprint density at radius 1 is 1.50 bits per heavy atom. The fraction of sp³-hybridized carbons (Fsp3) is 0.462. The zero-order valence-corrected chi connectivity index (χ0v) is 10.2. The van der Waals surface area contributed by atoms with Crippen LogP contribution in [0.15, 0.2) is 18.2 Å². The number of nitrogens with one attached hydrogen (secondary N) is 2. The van der Waals surface area contributed by atoms with Gasteiger partial charge in [-0.1, -0.05) is 12.5 Å². The predicted molar refractivity (Wildman–Crippen MR) is 69.0 cm³/mol. The number of halogens is 1. The van der Waals surface area contributed by atoms with E-state index in [-0.39, 0.29) is 5.56 Å². The van der Waals surface area contributed by atoms with Gasteiger partial charge >= 0.3 is 0 Å². The van der Waals surface area contributed by atoms with Gasteiger partial charge in [0.25, 0.3) is 5.91 Å². The molecule has 1 atom stereocenters. The van der Waals surface area contributed by atoms with Crippen LogP contribution in [0.5, 0.6) is 0 Å². The molecule has 0 aliphatic carbocycles. The second-order valence-electron chi connectivity index (χ2n) is 4.55. The molecule has 1 fully saturated rings. The van der Waals surface area contributed by atoms with Crippen molar-refractivity contribution in [2.75, 3.05) is 18.4 Å². The smallest absolute Gasteiger partial charge is 0.253 e. The molecule has 2 rings (SSSR count). The van der Waals surface area contributed by atoms with Gasteiger partial charge in [0.1, 0.15) is 5.82 Å². The number of benzene rings is 1. The van der Waals surface area contributed by atoms with E-state index in [1.807, 2.05) is 0 Å². The van der Waals surface area contributed by atoms with E-state index in [2.05, 4.69) is 10.6 Å². The summed E-state index contributed by atoms with van der Waals surface area (Å²) in [4.78, 5) is 11.2. The number of piperidine rings is 1. The van der Waals surface area contributed by atoms with Gasteiger partial charge in [-0.25, -0.2) is 4.39 Å². The second kappa shape index (κ2) is 5.82. The second-order valence-corrected chi connectivity index (χ2v) is 4.55. The van der Waals surface area contributed by atoms with Gasteiger partial charge in [0.05, 0.1) is 5.56 Å². The molecule has 1 aromatic carbocycles. The summed E-state index contributed by atoms with van der Waals surface area (Å²) >= 11 is 0. The molecule has 1 aromatic rings. The number of rotatable bonds is 4. The van der Waals surface area contributed by atoms with Crippen molar-refractivity contribution >= 4 is 11.6 Å². The Kier molecular flexibility index (Phi) is 4.15. The lowest BCUT2D eigenvalue weighted by atomic mass is 10.0. The van der Waals surface area contributed by atoms with Crippen molar-refractivity contribution in [2.24, 2.45) is 5.73 Å².